The van der Waals surface area contributed by atoms with Crippen molar-refractivity contribution in [2.24, 2.45) is 0 Å². The van der Waals surface area contributed by atoms with Crippen molar-refractivity contribution in [1.82, 2.24) is 0 Å². The summed E-state index contributed by atoms with van der Waals surface area (Å²) in [5.41, 5.74) is 2.41. The number of benzene rings is 3. The summed E-state index contributed by atoms with van der Waals surface area (Å²) in [6.45, 7) is 0. The standard InChI is InChI=1S/C27H22O8/c1-31-21-11-14(12-22(32-2)27(21)33-3)10-20-25(30)17-8-9-19-24(26(17)35-20)18(13-23(29)34-19)15-4-6-16(28)7-5-15/h4-12,18,28H,13H2,1-3H3/b20-10-. The van der Waals surface area contributed by atoms with Crippen LogP contribution < -0.4 is 23.7 Å². The van der Waals surface area contributed by atoms with Crippen LogP contribution in [0.5, 0.6) is 34.5 Å². The van der Waals surface area contributed by atoms with E-state index < -0.39 is 5.92 Å². The molecule has 1 unspecified atom stereocenters. The molecule has 8 heteroatoms. The van der Waals surface area contributed by atoms with Gasteiger partial charge in [-0.25, -0.2) is 0 Å². The van der Waals surface area contributed by atoms with E-state index in [9.17, 15) is 14.7 Å². The van der Waals surface area contributed by atoms with Gasteiger partial charge in [0.05, 0.1) is 33.3 Å². The molecule has 0 aliphatic carbocycles. The lowest BCUT2D eigenvalue weighted by Gasteiger charge is -2.26. The van der Waals surface area contributed by atoms with Gasteiger partial charge in [0, 0.05) is 11.5 Å². The van der Waals surface area contributed by atoms with Crippen molar-refractivity contribution >= 4 is 17.8 Å². The lowest BCUT2D eigenvalue weighted by atomic mass is 9.84. The van der Waals surface area contributed by atoms with Crippen LogP contribution >= 0.6 is 0 Å². The van der Waals surface area contributed by atoms with Gasteiger partial charge in [0.15, 0.2) is 17.3 Å². The zero-order valence-electron chi connectivity index (χ0n) is 19.3. The Balaban J connectivity index is 1.59. The van der Waals surface area contributed by atoms with E-state index >= 15 is 0 Å². The maximum absolute atomic E-state index is 13.2. The molecule has 0 saturated heterocycles. The Bertz CT molecular complexity index is 1350. The number of aromatic hydroxyl groups is 1. The molecule has 2 aliphatic heterocycles. The van der Waals surface area contributed by atoms with Crippen molar-refractivity contribution in [3.8, 4) is 34.5 Å². The quantitative estimate of drug-likeness (QED) is 0.328. The second-order valence-electron chi connectivity index (χ2n) is 8.07. The Labute approximate surface area is 201 Å². The molecule has 0 fully saturated rings. The molecule has 1 N–H and O–H groups in total. The Hall–Kier alpha value is -4.46. The van der Waals surface area contributed by atoms with E-state index in [1.807, 2.05) is 0 Å². The van der Waals surface area contributed by atoms with E-state index in [1.54, 1.807) is 54.6 Å². The number of methoxy groups -OCH3 is 3. The van der Waals surface area contributed by atoms with Crippen LogP contribution in [0.1, 0.15) is 39.4 Å². The van der Waals surface area contributed by atoms with Gasteiger partial charge >= 0.3 is 5.97 Å². The SMILES string of the molecule is COc1cc(/C=C2\Oc3c(ccc4c3C(c3ccc(O)cc3)CC(=O)O4)C2=O)cc(OC)c1OC. The Morgan fingerprint density at radius 2 is 1.60 bits per heavy atom. The molecule has 5 rings (SSSR count). The zero-order valence-corrected chi connectivity index (χ0v) is 19.3. The third-order valence-corrected chi connectivity index (χ3v) is 6.06. The summed E-state index contributed by atoms with van der Waals surface area (Å²) < 4.78 is 27.7. The van der Waals surface area contributed by atoms with Crippen molar-refractivity contribution in [3.05, 3.63) is 76.5 Å². The van der Waals surface area contributed by atoms with Crippen molar-refractivity contribution in [3.63, 3.8) is 0 Å². The van der Waals surface area contributed by atoms with E-state index in [0.29, 0.717) is 45.4 Å². The Kier molecular flexibility index (Phi) is 5.56. The first-order chi connectivity index (χ1) is 16.9. The lowest BCUT2D eigenvalue weighted by molar-refractivity contribution is -0.135. The minimum atomic E-state index is -0.393. The Morgan fingerprint density at radius 3 is 2.23 bits per heavy atom. The van der Waals surface area contributed by atoms with Crippen LogP contribution in [0.2, 0.25) is 0 Å². The van der Waals surface area contributed by atoms with Crippen LogP contribution in [0, 0.1) is 0 Å². The molecule has 3 aromatic carbocycles. The van der Waals surface area contributed by atoms with Crippen molar-refractivity contribution < 1.29 is 38.4 Å². The molecule has 178 valence electrons. The molecule has 3 aromatic rings. The van der Waals surface area contributed by atoms with Crippen molar-refractivity contribution in [2.45, 2.75) is 12.3 Å². The average molecular weight is 474 g/mol. The number of allylic oxidation sites excluding steroid dienone is 1. The summed E-state index contributed by atoms with van der Waals surface area (Å²) in [4.78, 5) is 25.5. The number of esters is 1. The number of Topliss-reactive ketones (excluding diaryl/α,β-unsaturated/α-hetero) is 1. The number of hydrogen-bond acceptors (Lipinski definition) is 8. The summed E-state index contributed by atoms with van der Waals surface area (Å²) in [6, 6.07) is 13.2. The van der Waals surface area contributed by atoms with Gasteiger partial charge in [-0.05, 0) is 53.6 Å². The third kappa shape index (κ3) is 3.82. The third-order valence-electron chi connectivity index (χ3n) is 6.06. The molecule has 0 saturated carbocycles. The number of rotatable bonds is 5. The number of phenols is 1. The number of ketones is 1. The fraction of sp³-hybridized carbons (Fsp3) is 0.185. The number of ether oxygens (including phenoxy) is 5. The van der Waals surface area contributed by atoms with Crippen molar-refractivity contribution in [1.29, 1.82) is 0 Å². The number of hydrogen-bond donors (Lipinski definition) is 1. The van der Waals surface area contributed by atoms with Crippen molar-refractivity contribution in [2.75, 3.05) is 21.3 Å². The molecular formula is C27H22O8. The summed E-state index contributed by atoms with van der Waals surface area (Å²) >= 11 is 0. The first-order valence-electron chi connectivity index (χ1n) is 10.8. The molecular weight excluding hydrogens is 452 g/mol. The molecule has 8 nitrogen and oxygen atoms in total. The molecule has 2 heterocycles. The van der Waals surface area contributed by atoms with E-state index in [2.05, 4.69) is 0 Å². The highest BCUT2D eigenvalue weighted by molar-refractivity contribution is 6.15. The first kappa shape index (κ1) is 22.3. The van der Waals surface area contributed by atoms with Crippen LogP contribution in [0.3, 0.4) is 0 Å². The molecule has 35 heavy (non-hydrogen) atoms. The van der Waals surface area contributed by atoms with Gasteiger partial charge in [-0.1, -0.05) is 12.1 Å². The smallest absolute Gasteiger partial charge is 0.312 e. The van der Waals surface area contributed by atoms with E-state index in [4.69, 9.17) is 23.7 Å². The predicted molar refractivity (Wildman–Crippen MR) is 126 cm³/mol. The fourth-order valence-electron chi connectivity index (χ4n) is 4.43. The molecule has 0 spiro atoms. The van der Waals surface area contributed by atoms with Crippen LogP contribution in [-0.4, -0.2) is 38.2 Å². The maximum Gasteiger partial charge on any atom is 0.312 e. The second-order valence-corrected chi connectivity index (χ2v) is 8.07. The minimum Gasteiger partial charge on any atom is -0.508 e. The molecule has 2 aliphatic rings. The number of phenolic OH excluding ortho intramolecular Hbond substituents is 1. The largest absolute Gasteiger partial charge is 0.508 e. The van der Waals surface area contributed by atoms with Gasteiger partial charge in [-0.15, -0.1) is 0 Å². The lowest BCUT2D eigenvalue weighted by Crippen LogP contribution is -2.21. The highest BCUT2D eigenvalue weighted by Gasteiger charge is 2.38. The predicted octanol–water partition coefficient (Wildman–Crippen LogP) is 4.48. The molecule has 0 radical (unpaired) electrons. The summed E-state index contributed by atoms with van der Waals surface area (Å²) in [7, 11) is 4.54. The fourth-order valence-corrected chi connectivity index (χ4v) is 4.43. The first-order valence-corrected chi connectivity index (χ1v) is 10.8. The van der Waals surface area contributed by atoms with Gasteiger partial charge in [-0.2, -0.15) is 0 Å². The highest BCUT2D eigenvalue weighted by Crippen LogP contribution is 2.49. The number of carbonyl (C=O) groups is 2. The topological polar surface area (TPSA) is 101 Å². The van der Waals surface area contributed by atoms with E-state index in [0.717, 1.165) is 5.56 Å². The monoisotopic (exact) mass is 474 g/mol. The molecule has 1 atom stereocenters. The maximum atomic E-state index is 13.2. The van der Waals surface area contributed by atoms with Gasteiger partial charge in [-0.3, -0.25) is 9.59 Å². The zero-order chi connectivity index (χ0) is 24.7. The van der Waals surface area contributed by atoms with Gasteiger partial charge in [0.2, 0.25) is 11.5 Å². The van der Waals surface area contributed by atoms with Crippen LogP contribution in [-0.2, 0) is 4.79 Å². The average Bonchev–Trinajstić information content (AvgIpc) is 3.18. The Morgan fingerprint density at radius 1 is 0.914 bits per heavy atom. The normalized spacial score (nSPS) is 17.3. The minimum absolute atomic E-state index is 0.0811. The van der Waals surface area contributed by atoms with Gasteiger partial charge in [0.25, 0.3) is 0 Å². The van der Waals surface area contributed by atoms with Gasteiger partial charge < -0.3 is 28.8 Å². The van der Waals surface area contributed by atoms with Gasteiger partial charge in [0.1, 0.15) is 17.2 Å². The van der Waals surface area contributed by atoms with E-state index in [-0.39, 0.29) is 29.7 Å². The van der Waals surface area contributed by atoms with Crippen LogP contribution in [0.25, 0.3) is 6.08 Å². The summed E-state index contributed by atoms with van der Waals surface area (Å²) in [6.07, 6.45) is 1.68. The molecule has 0 bridgehead atoms. The number of fused-ring (bicyclic) bond motifs is 3. The highest BCUT2D eigenvalue weighted by atomic mass is 16.5. The molecule has 0 aromatic heterocycles. The summed E-state index contributed by atoms with van der Waals surface area (Å²) in [5.74, 6) is 1.19. The second kappa shape index (κ2) is 8.72. The van der Waals surface area contributed by atoms with Crippen LogP contribution in [0.15, 0.2) is 54.3 Å². The van der Waals surface area contributed by atoms with Crippen LogP contribution in [0.4, 0.5) is 0 Å². The molecule has 0 amide bonds. The number of carbonyl (C=O) groups excluding carboxylic acids is 2. The van der Waals surface area contributed by atoms with E-state index in [1.165, 1.54) is 21.3 Å². The summed E-state index contributed by atoms with van der Waals surface area (Å²) in [5, 5.41) is 9.68.